The normalized spacial score (nSPS) is 9.82. The molecular weight excluding hydrogens is 226 g/mol. The lowest BCUT2D eigenvalue weighted by Gasteiger charge is -2.05. The predicted octanol–water partition coefficient (Wildman–Crippen LogP) is 3.33. The van der Waals surface area contributed by atoms with Gasteiger partial charge in [-0.15, -0.1) is 0 Å². The summed E-state index contributed by atoms with van der Waals surface area (Å²) in [5.74, 6) is -0.927. The Balaban J connectivity index is 2.64. The molecule has 2 nitrogen and oxygen atoms in total. The van der Waals surface area contributed by atoms with Gasteiger partial charge in [0.1, 0.15) is 5.57 Å². The summed E-state index contributed by atoms with van der Waals surface area (Å²) in [5, 5.41) is 0. The van der Waals surface area contributed by atoms with Crippen LogP contribution in [0.2, 0.25) is 0 Å². The minimum Gasteiger partial charge on any atom is -0.462 e. The van der Waals surface area contributed by atoms with Crippen LogP contribution in [0.5, 0.6) is 0 Å². The first-order valence-electron chi connectivity index (χ1n) is 5.40. The molecule has 0 saturated heterocycles. The van der Waals surface area contributed by atoms with Gasteiger partial charge in [-0.25, -0.2) is 4.79 Å². The van der Waals surface area contributed by atoms with Crippen LogP contribution in [-0.4, -0.2) is 12.6 Å². The Morgan fingerprint density at radius 1 is 1.24 bits per heavy atom. The van der Waals surface area contributed by atoms with E-state index >= 15 is 0 Å². The summed E-state index contributed by atoms with van der Waals surface area (Å²) < 4.78 is 29.7. The standard InChI is InChI=1S/C13H14F2O2/c1-2-17-13(16)11(12(14)15)9-8-10-6-4-3-5-7-10/h3-7H,2,8-9H2,1H3. The average Bonchev–Trinajstić information content (AvgIpc) is 2.30. The largest absolute Gasteiger partial charge is 0.462 e. The SMILES string of the molecule is CCOC(=O)C(CCc1ccccc1)=C(F)F. The summed E-state index contributed by atoms with van der Waals surface area (Å²) in [6.45, 7) is 1.68. The van der Waals surface area contributed by atoms with Crippen molar-refractivity contribution in [2.45, 2.75) is 19.8 Å². The molecule has 0 N–H and O–H groups in total. The van der Waals surface area contributed by atoms with Crippen LogP contribution in [-0.2, 0) is 16.0 Å². The zero-order chi connectivity index (χ0) is 12.7. The second kappa shape index (κ2) is 6.78. The summed E-state index contributed by atoms with van der Waals surface area (Å²) in [6.07, 6.45) is -1.57. The molecule has 0 radical (unpaired) electrons. The molecule has 1 aromatic carbocycles. The second-order valence-electron chi connectivity index (χ2n) is 3.45. The summed E-state index contributed by atoms with van der Waals surface area (Å²) in [5.41, 5.74) is 0.381. The summed E-state index contributed by atoms with van der Waals surface area (Å²) >= 11 is 0. The van der Waals surface area contributed by atoms with Gasteiger partial charge in [0.05, 0.1) is 6.61 Å². The first-order chi connectivity index (χ1) is 8.15. The number of aryl methyl sites for hydroxylation is 1. The van der Waals surface area contributed by atoms with E-state index in [1.54, 1.807) is 6.92 Å². The Bertz CT molecular complexity index is 395. The van der Waals surface area contributed by atoms with Gasteiger partial charge in [0.15, 0.2) is 0 Å². The quantitative estimate of drug-likeness (QED) is 0.583. The number of hydrogen-bond donors (Lipinski definition) is 0. The molecule has 0 heterocycles. The lowest BCUT2D eigenvalue weighted by Crippen LogP contribution is -2.09. The Morgan fingerprint density at radius 2 is 1.88 bits per heavy atom. The molecule has 0 aromatic heterocycles. The van der Waals surface area contributed by atoms with Crippen LogP contribution in [0.3, 0.4) is 0 Å². The maximum atomic E-state index is 12.6. The summed E-state index contributed by atoms with van der Waals surface area (Å²) in [7, 11) is 0. The number of halogens is 2. The topological polar surface area (TPSA) is 26.3 Å². The molecule has 0 amide bonds. The van der Waals surface area contributed by atoms with E-state index in [9.17, 15) is 13.6 Å². The van der Waals surface area contributed by atoms with Crippen molar-refractivity contribution < 1.29 is 18.3 Å². The van der Waals surface area contributed by atoms with Crippen molar-refractivity contribution in [3.8, 4) is 0 Å². The molecule has 17 heavy (non-hydrogen) atoms. The molecule has 0 bridgehead atoms. The molecule has 92 valence electrons. The molecule has 0 aliphatic carbocycles. The van der Waals surface area contributed by atoms with E-state index < -0.39 is 17.6 Å². The van der Waals surface area contributed by atoms with Gasteiger partial charge in [-0.2, -0.15) is 8.78 Å². The predicted molar refractivity (Wildman–Crippen MR) is 60.6 cm³/mol. The Labute approximate surface area is 98.9 Å². The first-order valence-corrected chi connectivity index (χ1v) is 5.40. The minimum atomic E-state index is -1.96. The molecule has 0 unspecified atom stereocenters. The van der Waals surface area contributed by atoms with Crippen molar-refractivity contribution in [3.05, 3.63) is 47.5 Å². The van der Waals surface area contributed by atoms with Gasteiger partial charge >= 0.3 is 5.97 Å². The number of benzene rings is 1. The molecule has 1 aromatic rings. The van der Waals surface area contributed by atoms with Crippen LogP contribution in [0.25, 0.3) is 0 Å². The lowest BCUT2D eigenvalue weighted by atomic mass is 10.1. The van der Waals surface area contributed by atoms with Crippen LogP contribution in [0.15, 0.2) is 42.0 Å². The van der Waals surface area contributed by atoms with E-state index in [4.69, 9.17) is 0 Å². The van der Waals surface area contributed by atoms with Gasteiger partial charge in [-0.1, -0.05) is 30.3 Å². The maximum Gasteiger partial charge on any atom is 0.339 e. The molecule has 1 rings (SSSR count). The molecule has 4 heteroatoms. The third-order valence-corrected chi connectivity index (χ3v) is 2.26. The monoisotopic (exact) mass is 240 g/mol. The highest BCUT2D eigenvalue weighted by atomic mass is 19.3. The van der Waals surface area contributed by atoms with Gasteiger partial charge in [-0.3, -0.25) is 0 Å². The lowest BCUT2D eigenvalue weighted by molar-refractivity contribution is -0.139. The van der Waals surface area contributed by atoms with Crippen LogP contribution in [0.4, 0.5) is 8.78 Å². The van der Waals surface area contributed by atoms with Crippen molar-refractivity contribution in [1.82, 2.24) is 0 Å². The minimum absolute atomic E-state index is 0.00875. The van der Waals surface area contributed by atoms with Crippen molar-refractivity contribution >= 4 is 5.97 Å². The fraction of sp³-hybridized carbons (Fsp3) is 0.308. The van der Waals surface area contributed by atoms with Crippen LogP contribution in [0, 0.1) is 0 Å². The molecule has 0 aliphatic rings. The number of rotatable bonds is 5. The molecule has 0 aliphatic heterocycles. The van der Waals surface area contributed by atoms with E-state index in [2.05, 4.69) is 4.74 Å². The third-order valence-electron chi connectivity index (χ3n) is 2.26. The average molecular weight is 240 g/mol. The van der Waals surface area contributed by atoms with Gasteiger partial charge in [0, 0.05) is 0 Å². The molecule has 0 spiro atoms. The maximum absolute atomic E-state index is 12.6. The fourth-order valence-corrected chi connectivity index (χ4v) is 1.41. The number of carbonyl (C=O) groups excluding carboxylic acids is 1. The number of ether oxygens (including phenoxy) is 1. The van der Waals surface area contributed by atoms with Gasteiger partial charge < -0.3 is 4.74 Å². The first kappa shape index (κ1) is 13.4. The molecular formula is C13H14F2O2. The van der Waals surface area contributed by atoms with Crippen LogP contribution >= 0.6 is 0 Å². The van der Waals surface area contributed by atoms with Gasteiger partial charge in [0.2, 0.25) is 0 Å². The summed E-state index contributed by atoms with van der Waals surface area (Å²) in [6, 6.07) is 9.17. The van der Waals surface area contributed by atoms with E-state index in [0.29, 0.717) is 6.42 Å². The van der Waals surface area contributed by atoms with Gasteiger partial charge in [0.25, 0.3) is 6.08 Å². The van der Waals surface area contributed by atoms with Crippen molar-refractivity contribution in [3.63, 3.8) is 0 Å². The van der Waals surface area contributed by atoms with Crippen molar-refractivity contribution in [1.29, 1.82) is 0 Å². The molecule has 0 atom stereocenters. The third kappa shape index (κ3) is 4.34. The van der Waals surface area contributed by atoms with Crippen LogP contribution in [0.1, 0.15) is 18.9 Å². The van der Waals surface area contributed by atoms with E-state index in [-0.39, 0.29) is 13.0 Å². The van der Waals surface area contributed by atoms with E-state index in [1.807, 2.05) is 30.3 Å². The highest BCUT2D eigenvalue weighted by molar-refractivity contribution is 5.88. The van der Waals surface area contributed by atoms with Crippen LogP contribution < -0.4 is 0 Å². The Morgan fingerprint density at radius 3 is 2.41 bits per heavy atom. The Hall–Kier alpha value is -1.71. The number of carbonyl (C=O) groups is 1. The Kier molecular flexibility index (Phi) is 5.33. The van der Waals surface area contributed by atoms with Gasteiger partial charge in [-0.05, 0) is 25.3 Å². The zero-order valence-electron chi connectivity index (χ0n) is 9.58. The van der Waals surface area contributed by atoms with Crippen molar-refractivity contribution in [2.24, 2.45) is 0 Å². The smallest absolute Gasteiger partial charge is 0.339 e. The van der Waals surface area contributed by atoms with Crippen molar-refractivity contribution in [2.75, 3.05) is 6.61 Å². The zero-order valence-corrected chi connectivity index (χ0v) is 9.58. The summed E-state index contributed by atoms with van der Waals surface area (Å²) in [4.78, 5) is 11.2. The second-order valence-corrected chi connectivity index (χ2v) is 3.45. The highest BCUT2D eigenvalue weighted by Crippen LogP contribution is 2.17. The fourth-order valence-electron chi connectivity index (χ4n) is 1.41. The highest BCUT2D eigenvalue weighted by Gasteiger charge is 2.17. The van der Waals surface area contributed by atoms with E-state index in [0.717, 1.165) is 5.56 Å². The molecule has 0 fully saturated rings. The van der Waals surface area contributed by atoms with E-state index in [1.165, 1.54) is 0 Å². The number of hydrogen-bond acceptors (Lipinski definition) is 2. The number of esters is 1. The molecule has 0 saturated carbocycles.